The smallest absolute Gasteiger partial charge is 0.00425 e. The molecule has 0 aliphatic heterocycles. The summed E-state index contributed by atoms with van der Waals surface area (Å²) >= 11 is 4.57. The van der Waals surface area contributed by atoms with Crippen LogP contribution in [0.2, 0.25) is 0 Å². The van der Waals surface area contributed by atoms with Crippen molar-refractivity contribution in [1.29, 1.82) is 0 Å². The van der Waals surface area contributed by atoms with Crippen LogP contribution in [0.5, 0.6) is 0 Å². The van der Waals surface area contributed by atoms with Crippen LogP contribution in [0.1, 0.15) is 39.5 Å². The molecule has 0 nitrogen and oxygen atoms in total. The maximum atomic E-state index is 4.57. The first-order valence-electron chi connectivity index (χ1n) is 4.42. The van der Waals surface area contributed by atoms with Gasteiger partial charge in [-0.1, -0.05) is 20.3 Å². The number of hydrogen-bond donors (Lipinski definition) is 1. The first-order valence-corrected chi connectivity index (χ1v) is 4.93. The summed E-state index contributed by atoms with van der Waals surface area (Å²) in [6, 6.07) is 0. The monoisotopic (exact) mass is 158 g/mol. The van der Waals surface area contributed by atoms with Crippen LogP contribution >= 0.6 is 12.6 Å². The van der Waals surface area contributed by atoms with Gasteiger partial charge in [0.2, 0.25) is 0 Å². The van der Waals surface area contributed by atoms with E-state index in [1.807, 2.05) is 0 Å². The van der Waals surface area contributed by atoms with E-state index in [2.05, 4.69) is 26.5 Å². The Balaban J connectivity index is 2.29. The van der Waals surface area contributed by atoms with Crippen molar-refractivity contribution in [2.45, 2.75) is 44.8 Å². The predicted octanol–water partition coefficient (Wildman–Crippen LogP) is 3.13. The highest BCUT2D eigenvalue weighted by Gasteiger charge is 2.25. The first-order chi connectivity index (χ1) is 4.74. The molecule has 0 radical (unpaired) electrons. The SMILES string of the molecule is CC[C@@H](S)[C@@H]1CC[C@H](C)C1. The Bertz CT molecular complexity index is 101. The highest BCUT2D eigenvalue weighted by molar-refractivity contribution is 7.81. The summed E-state index contributed by atoms with van der Waals surface area (Å²) in [6.07, 6.45) is 5.51. The molecule has 0 saturated heterocycles. The molecule has 0 amide bonds. The third-order valence-electron chi connectivity index (χ3n) is 2.70. The van der Waals surface area contributed by atoms with Gasteiger partial charge in [0.25, 0.3) is 0 Å². The zero-order valence-electron chi connectivity index (χ0n) is 7.01. The molecule has 1 fully saturated rings. The van der Waals surface area contributed by atoms with Crippen molar-refractivity contribution < 1.29 is 0 Å². The topological polar surface area (TPSA) is 0 Å². The van der Waals surface area contributed by atoms with Crippen molar-refractivity contribution in [2.75, 3.05) is 0 Å². The minimum Gasteiger partial charge on any atom is -0.176 e. The summed E-state index contributed by atoms with van der Waals surface area (Å²) in [7, 11) is 0. The summed E-state index contributed by atoms with van der Waals surface area (Å²) in [6.45, 7) is 4.59. The van der Waals surface area contributed by atoms with Crippen LogP contribution in [0.3, 0.4) is 0 Å². The highest BCUT2D eigenvalue weighted by Crippen LogP contribution is 2.35. The van der Waals surface area contributed by atoms with Crippen molar-refractivity contribution in [1.82, 2.24) is 0 Å². The largest absolute Gasteiger partial charge is 0.176 e. The molecule has 3 atom stereocenters. The molecule has 1 rings (SSSR count). The standard InChI is InChI=1S/C9H18S/c1-3-9(10)8-5-4-7(2)6-8/h7-10H,3-6H2,1-2H3/t7-,8+,9+/m0/s1. The summed E-state index contributed by atoms with van der Waals surface area (Å²) in [4.78, 5) is 0. The molecule has 0 aromatic rings. The fourth-order valence-corrected chi connectivity index (χ4v) is 2.20. The van der Waals surface area contributed by atoms with Crippen molar-refractivity contribution in [3.05, 3.63) is 0 Å². The van der Waals surface area contributed by atoms with Crippen molar-refractivity contribution in [3.8, 4) is 0 Å². The molecular weight excluding hydrogens is 140 g/mol. The van der Waals surface area contributed by atoms with Crippen LogP contribution in [0.4, 0.5) is 0 Å². The van der Waals surface area contributed by atoms with Gasteiger partial charge in [0.15, 0.2) is 0 Å². The normalized spacial score (nSPS) is 36.3. The fourth-order valence-electron chi connectivity index (χ4n) is 1.93. The van der Waals surface area contributed by atoms with Crippen LogP contribution in [0.25, 0.3) is 0 Å². The Morgan fingerprint density at radius 1 is 1.50 bits per heavy atom. The van der Waals surface area contributed by atoms with Gasteiger partial charge in [0.1, 0.15) is 0 Å². The van der Waals surface area contributed by atoms with E-state index in [0.29, 0.717) is 5.25 Å². The minimum absolute atomic E-state index is 0.671. The molecular formula is C9H18S. The molecule has 0 N–H and O–H groups in total. The Kier molecular flexibility index (Phi) is 3.09. The molecule has 1 heteroatoms. The average Bonchev–Trinajstić information content (AvgIpc) is 2.34. The Labute approximate surface area is 69.8 Å². The van der Waals surface area contributed by atoms with E-state index >= 15 is 0 Å². The maximum absolute atomic E-state index is 4.57. The lowest BCUT2D eigenvalue weighted by atomic mass is 10.0. The lowest BCUT2D eigenvalue weighted by Gasteiger charge is -2.15. The molecule has 1 aliphatic carbocycles. The summed E-state index contributed by atoms with van der Waals surface area (Å²) in [5.41, 5.74) is 0. The van der Waals surface area contributed by atoms with Crippen LogP contribution in [0.15, 0.2) is 0 Å². The molecule has 10 heavy (non-hydrogen) atoms. The lowest BCUT2D eigenvalue weighted by molar-refractivity contribution is 0.489. The molecule has 0 bridgehead atoms. The average molecular weight is 158 g/mol. The summed E-state index contributed by atoms with van der Waals surface area (Å²) in [5, 5.41) is 0.671. The zero-order valence-corrected chi connectivity index (χ0v) is 7.90. The number of rotatable bonds is 2. The van der Waals surface area contributed by atoms with Crippen molar-refractivity contribution in [3.63, 3.8) is 0 Å². The first kappa shape index (κ1) is 8.45. The maximum Gasteiger partial charge on any atom is 0.00425 e. The van der Waals surface area contributed by atoms with E-state index in [1.165, 1.54) is 25.7 Å². The fraction of sp³-hybridized carbons (Fsp3) is 1.00. The minimum atomic E-state index is 0.671. The number of hydrogen-bond acceptors (Lipinski definition) is 1. The molecule has 0 unspecified atom stereocenters. The summed E-state index contributed by atoms with van der Waals surface area (Å²) in [5.74, 6) is 1.88. The Morgan fingerprint density at radius 2 is 2.20 bits per heavy atom. The lowest BCUT2D eigenvalue weighted by Crippen LogP contribution is -2.09. The molecule has 0 aromatic heterocycles. The third kappa shape index (κ3) is 1.91. The van der Waals surface area contributed by atoms with Crippen molar-refractivity contribution >= 4 is 12.6 Å². The predicted molar refractivity (Wildman–Crippen MR) is 49.6 cm³/mol. The van der Waals surface area contributed by atoms with Gasteiger partial charge in [-0.15, -0.1) is 0 Å². The van der Waals surface area contributed by atoms with Crippen LogP contribution in [0, 0.1) is 11.8 Å². The van der Waals surface area contributed by atoms with Gasteiger partial charge in [-0.3, -0.25) is 0 Å². The van der Waals surface area contributed by atoms with Gasteiger partial charge in [0.05, 0.1) is 0 Å². The van der Waals surface area contributed by atoms with Crippen LogP contribution in [-0.2, 0) is 0 Å². The van der Waals surface area contributed by atoms with E-state index in [4.69, 9.17) is 0 Å². The Hall–Kier alpha value is 0.350. The van der Waals surface area contributed by atoms with E-state index < -0.39 is 0 Å². The second-order valence-corrected chi connectivity index (χ2v) is 4.32. The Morgan fingerprint density at radius 3 is 2.60 bits per heavy atom. The van der Waals surface area contributed by atoms with Gasteiger partial charge >= 0.3 is 0 Å². The van der Waals surface area contributed by atoms with Gasteiger partial charge in [-0.25, -0.2) is 0 Å². The van der Waals surface area contributed by atoms with Gasteiger partial charge in [-0.2, -0.15) is 12.6 Å². The molecule has 60 valence electrons. The summed E-state index contributed by atoms with van der Waals surface area (Å²) < 4.78 is 0. The molecule has 0 heterocycles. The van der Waals surface area contributed by atoms with E-state index in [-0.39, 0.29) is 0 Å². The zero-order chi connectivity index (χ0) is 7.56. The third-order valence-corrected chi connectivity index (χ3v) is 3.48. The van der Waals surface area contributed by atoms with E-state index in [9.17, 15) is 0 Å². The quantitative estimate of drug-likeness (QED) is 0.586. The second kappa shape index (κ2) is 3.66. The van der Waals surface area contributed by atoms with E-state index in [0.717, 1.165) is 11.8 Å². The number of thiol groups is 1. The van der Waals surface area contributed by atoms with Gasteiger partial charge in [0, 0.05) is 5.25 Å². The van der Waals surface area contributed by atoms with Crippen LogP contribution < -0.4 is 0 Å². The highest BCUT2D eigenvalue weighted by atomic mass is 32.1. The second-order valence-electron chi connectivity index (χ2n) is 3.65. The van der Waals surface area contributed by atoms with Gasteiger partial charge in [-0.05, 0) is 31.1 Å². The van der Waals surface area contributed by atoms with Crippen molar-refractivity contribution in [2.24, 2.45) is 11.8 Å². The molecule has 1 saturated carbocycles. The molecule has 1 aliphatic rings. The van der Waals surface area contributed by atoms with Gasteiger partial charge < -0.3 is 0 Å². The van der Waals surface area contributed by atoms with Crippen LogP contribution in [-0.4, -0.2) is 5.25 Å². The molecule has 0 spiro atoms. The molecule has 0 aromatic carbocycles. The van der Waals surface area contributed by atoms with E-state index in [1.54, 1.807) is 0 Å².